The van der Waals surface area contributed by atoms with Crippen LogP contribution in [0, 0.1) is 0 Å². The van der Waals surface area contributed by atoms with Gasteiger partial charge in [0.2, 0.25) is 0 Å². The summed E-state index contributed by atoms with van der Waals surface area (Å²) >= 11 is 0. The summed E-state index contributed by atoms with van der Waals surface area (Å²) in [5, 5.41) is 0. The van der Waals surface area contributed by atoms with Gasteiger partial charge in [-0.3, -0.25) is 0 Å². The van der Waals surface area contributed by atoms with Gasteiger partial charge >= 0.3 is 0 Å². The Bertz CT molecular complexity index is 4610. The van der Waals surface area contributed by atoms with Crippen LogP contribution in [-0.4, -0.2) is 13.4 Å². The number of fused-ring (bicyclic) bond motifs is 11. The van der Waals surface area contributed by atoms with Crippen molar-refractivity contribution in [1.82, 2.24) is 0 Å². The van der Waals surface area contributed by atoms with Crippen LogP contribution in [0.4, 0.5) is 51.2 Å². The van der Waals surface area contributed by atoms with Crippen LogP contribution < -0.4 is 52.2 Å². The quantitative estimate of drug-likeness (QED) is 0.160. The van der Waals surface area contributed by atoms with Crippen molar-refractivity contribution in [2.24, 2.45) is 0 Å². The third-order valence-electron chi connectivity index (χ3n) is 17.5. The van der Waals surface area contributed by atoms with Crippen molar-refractivity contribution >= 4 is 97.4 Å². The maximum atomic E-state index is 8.95. The van der Waals surface area contributed by atoms with E-state index in [-0.39, 0.29) is 54.0 Å². The number of rotatable bonds is 5. The Hall–Kier alpha value is -9.25. The summed E-state index contributed by atoms with van der Waals surface area (Å²) in [7, 11) is 0. The van der Waals surface area contributed by atoms with Gasteiger partial charge in [-0.05, 0) is 161 Å². The molecular formula is C73H55B2N3O. The topological polar surface area (TPSA) is 19.0 Å². The van der Waals surface area contributed by atoms with Gasteiger partial charge in [0, 0.05) is 62.7 Å². The minimum atomic E-state index is -0.413. The molecule has 11 aromatic carbocycles. The first kappa shape index (κ1) is 40.9. The summed E-state index contributed by atoms with van der Waals surface area (Å²) in [6.07, 6.45) is 0. The number of ether oxygens (including phenoxy) is 1. The van der Waals surface area contributed by atoms with Crippen molar-refractivity contribution < 1.29 is 11.6 Å². The summed E-state index contributed by atoms with van der Waals surface area (Å²) in [6.45, 7) is 11.1. The molecule has 0 atom stereocenters. The molecule has 0 spiro atoms. The average Bonchev–Trinajstić information content (AvgIpc) is 0.856. The molecule has 0 aromatic heterocycles. The molecule has 374 valence electrons. The van der Waals surface area contributed by atoms with E-state index in [0.29, 0.717) is 5.56 Å². The zero-order chi connectivity index (χ0) is 57.2. The van der Waals surface area contributed by atoms with E-state index in [9.17, 15) is 0 Å². The third-order valence-corrected chi connectivity index (χ3v) is 17.5. The van der Waals surface area contributed by atoms with Crippen LogP contribution in [0.1, 0.15) is 58.2 Å². The number of benzene rings is 11. The van der Waals surface area contributed by atoms with Crippen molar-refractivity contribution in [3.63, 3.8) is 0 Å². The maximum Gasteiger partial charge on any atom is 0.256 e. The van der Waals surface area contributed by atoms with Gasteiger partial charge in [-0.15, -0.1) is 0 Å². The van der Waals surface area contributed by atoms with E-state index in [1.54, 1.807) is 0 Å². The highest BCUT2D eigenvalue weighted by molar-refractivity contribution is 7.02. The molecule has 0 fully saturated rings. The molecule has 0 saturated carbocycles. The largest absolute Gasteiger partial charge is 0.458 e. The van der Waals surface area contributed by atoms with E-state index in [4.69, 9.17) is 11.6 Å². The van der Waals surface area contributed by atoms with Crippen LogP contribution in [-0.2, 0) is 10.8 Å². The highest BCUT2D eigenvalue weighted by Gasteiger charge is 2.48. The van der Waals surface area contributed by atoms with Gasteiger partial charge in [0.25, 0.3) is 13.4 Å². The van der Waals surface area contributed by atoms with Crippen molar-refractivity contribution in [2.45, 2.75) is 45.4 Å². The molecule has 11 aromatic rings. The highest BCUT2D eigenvalue weighted by atomic mass is 16.5. The number of hydrogen-bond acceptors (Lipinski definition) is 4. The van der Waals surface area contributed by atoms with Crippen LogP contribution >= 0.6 is 0 Å². The van der Waals surface area contributed by atoms with Crippen LogP contribution in [0.25, 0.3) is 33.4 Å². The van der Waals surface area contributed by atoms with Gasteiger partial charge in [-0.1, -0.05) is 198 Å². The summed E-state index contributed by atoms with van der Waals surface area (Å²) in [5.41, 5.74) is 25.1. The van der Waals surface area contributed by atoms with Gasteiger partial charge in [-0.2, -0.15) is 0 Å². The summed E-state index contributed by atoms with van der Waals surface area (Å²) in [4.78, 5) is 7.25. The molecule has 0 bridgehead atoms. The first-order chi connectivity index (χ1) is 40.7. The Labute approximate surface area is 471 Å². The van der Waals surface area contributed by atoms with Crippen molar-refractivity contribution in [3.05, 3.63) is 259 Å². The first-order valence-corrected chi connectivity index (χ1v) is 27.5. The summed E-state index contributed by atoms with van der Waals surface area (Å²) in [6, 6.07) is 75.2. The molecule has 0 radical (unpaired) electrons. The lowest BCUT2D eigenvalue weighted by molar-refractivity contribution is 0.488. The average molecular weight is 1020 g/mol. The molecule has 79 heavy (non-hydrogen) atoms. The molecule has 0 N–H and O–H groups in total. The minimum Gasteiger partial charge on any atom is -0.458 e. The lowest BCUT2D eigenvalue weighted by Gasteiger charge is -2.46. The van der Waals surface area contributed by atoms with Gasteiger partial charge in [0.05, 0.1) is 6.85 Å². The number of anilines is 9. The minimum absolute atomic E-state index is 0.168. The van der Waals surface area contributed by atoms with E-state index < -0.39 is 6.04 Å². The van der Waals surface area contributed by atoms with Gasteiger partial charge < -0.3 is 19.4 Å². The lowest BCUT2D eigenvalue weighted by atomic mass is 9.30. The Morgan fingerprint density at radius 2 is 0.949 bits per heavy atom. The fraction of sp³-hybridized carbons (Fsp3) is 0.0959. The fourth-order valence-electron chi connectivity index (χ4n) is 14.0. The van der Waals surface area contributed by atoms with Crippen molar-refractivity contribution in [1.29, 1.82) is 0 Å². The van der Waals surface area contributed by atoms with Gasteiger partial charge in [-0.25, -0.2) is 0 Å². The van der Waals surface area contributed by atoms with Gasteiger partial charge in [0.15, 0.2) is 0 Å². The molecule has 16 rings (SSSR count). The third kappa shape index (κ3) is 6.70. The number of hydrogen-bond donors (Lipinski definition) is 0. The van der Waals surface area contributed by atoms with Crippen molar-refractivity contribution in [2.75, 3.05) is 14.7 Å². The van der Waals surface area contributed by atoms with Crippen LogP contribution in [0.15, 0.2) is 243 Å². The predicted molar refractivity (Wildman–Crippen MR) is 333 cm³/mol. The Balaban J connectivity index is 0.972. The Kier molecular flexibility index (Phi) is 8.74. The number of para-hydroxylation sites is 4. The second kappa shape index (κ2) is 16.9. The molecule has 0 saturated heterocycles. The standard InChI is InChI=1S/C73H55B2N3O/c1-72(2,3)49-42-65-70-66(43-49)78(52-38-36-47(37-39-52)46-22-9-6-10-23-46)63-45-67-60(44-59(63)74(70)57-32-17-19-34-61(57)77(65)51-26-13-8-14-27-51)75-58-33-18-20-35-62(58)76(50-24-11-7-12-25-50)64-40-48(41-68(79-67)71(64)75)53-29-21-30-55-54-28-15-16-31-56(54)73(4,5)69(53)55/h6-45H,1-5H3/i6D,9D,10D,22D,23D. The number of nitrogens with zero attached hydrogens (tertiary/aromatic N) is 3. The molecular weight excluding hydrogens is 956 g/mol. The first-order valence-electron chi connectivity index (χ1n) is 30.0. The van der Waals surface area contributed by atoms with Crippen molar-refractivity contribution in [3.8, 4) is 44.9 Å². The van der Waals surface area contributed by atoms with Crippen LogP contribution in [0.2, 0.25) is 0 Å². The fourth-order valence-corrected chi connectivity index (χ4v) is 14.0. The van der Waals surface area contributed by atoms with E-state index in [0.717, 1.165) is 84.6 Å². The maximum absolute atomic E-state index is 8.95. The lowest BCUT2D eigenvalue weighted by Crippen LogP contribution is -2.64. The Morgan fingerprint density at radius 3 is 1.61 bits per heavy atom. The molecule has 6 heteroatoms. The Morgan fingerprint density at radius 1 is 0.405 bits per heavy atom. The van der Waals surface area contributed by atoms with Crippen LogP contribution in [0.5, 0.6) is 11.5 Å². The normalized spacial score (nSPS) is 15.4. The molecule has 5 aliphatic rings. The van der Waals surface area contributed by atoms with Crippen LogP contribution in [0.3, 0.4) is 0 Å². The van der Waals surface area contributed by atoms with E-state index >= 15 is 0 Å². The highest BCUT2D eigenvalue weighted by Crippen LogP contribution is 2.54. The van der Waals surface area contributed by atoms with Gasteiger partial charge in [0.1, 0.15) is 11.5 Å². The predicted octanol–water partition coefficient (Wildman–Crippen LogP) is 15.1. The molecule has 4 heterocycles. The smallest absolute Gasteiger partial charge is 0.256 e. The van der Waals surface area contributed by atoms with E-state index in [1.165, 1.54) is 49.8 Å². The van der Waals surface area contributed by atoms with E-state index in [2.05, 4.69) is 237 Å². The summed E-state index contributed by atoms with van der Waals surface area (Å²) in [5.74, 6) is 1.58. The molecule has 0 unspecified atom stereocenters. The zero-order valence-electron chi connectivity index (χ0n) is 49.6. The molecule has 4 aliphatic heterocycles. The zero-order valence-corrected chi connectivity index (χ0v) is 44.6. The second-order valence-corrected chi connectivity index (χ2v) is 23.2. The molecule has 0 amide bonds. The molecule has 4 nitrogen and oxygen atoms in total. The summed E-state index contributed by atoms with van der Waals surface area (Å²) < 4.78 is 51.0. The molecule has 1 aliphatic carbocycles. The monoisotopic (exact) mass is 1020 g/mol. The van der Waals surface area contributed by atoms with E-state index in [1.807, 2.05) is 24.3 Å². The SMILES string of the molecule is [2H]c1c([2H])c([2H])c(-c2ccc(N3c4cc5c(cc4B4c6ccccc6N(c6ccccc6)c6cc(C(C)(C)C)cc3c64)B3c4ccccc4N(c4ccccc4)c4cc(-c6cccc7c6C(C)(C)c6ccccc6-7)cc(c43)O5)cc2)c([2H])c1[2H]. The second-order valence-electron chi connectivity index (χ2n) is 23.2.